The van der Waals surface area contributed by atoms with Crippen molar-refractivity contribution in [2.45, 2.75) is 11.3 Å². The fourth-order valence-corrected chi connectivity index (χ4v) is 5.12. The number of amides is 1. The van der Waals surface area contributed by atoms with Gasteiger partial charge in [0.25, 0.3) is 0 Å². The van der Waals surface area contributed by atoms with E-state index in [9.17, 15) is 13.2 Å². The van der Waals surface area contributed by atoms with E-state index < -0.39 is 10.0 Å². The lowest BCUT2D eigenvalue weighted by Crippen LogP contribution is -2.44. The molecule has 0 aliphatic carbocycles. The summed E-state index contributed by atoms with van der Waals surface area (Å²) in [5.41, 5.74) is 6.39. The van der Waals surface area contributed by atoms with E-state index in [2.05, 4.69) is 20.8 Å². The molecule has 2 aliphatic heterocycles. The maximum Gasteiger partial charge on any atom is 0.245 e. The van der Waals surface area contributed by atoms with E-state index in [0.717, 1.165) is 16.8 Å². The Labute approximate surface area is 191 Å². The third-order valence-corrected chi connectivity index (χ3v) is 7.46. The first-order valence-corrected chi connectivity index (χ1v) is 11.8. The molecular formula is C22H22N6O4S. The number of aromatic nitrogens is 2. The first-order valence-electron chi connectivity index (χ1n) is 10.4. The molecule has 1 fully saturated rings. The van der Waals surface area contributed by atoms with Crippen LogP contribution in [-0.4, -0.2) is 55.5 Å². The molecule has 2 aliphatic rings. The predicted molar refractivity (Wildman–Crippen MR) is 122 cm³/mol. The molecule has 0 bridgehead atoms. The molecule has 3 aromatic rings. The van der Waals surface area contributed by atoms with Crippen molar-refractivity contribution in [2.75, 3.05) is 37.1 Å². The van der Waals surface area contributed by atoms with Gasteiger partial charge in [-0.3, -0.25) is 9.63 Å². The van der Waals surface area contributed by atoms with Crippen molar-refractivity contribution in [2.24, 2.45) is 0 Å². The Balaban J connectivity index is 1.41. The maximum absolute atomic E-state index is 12.8. The molecule has 5 rings (SSSR count). The van der Waals surface area contributed by atoms with Crippen molar-refractivity contribution < 1.29 is 18.0 Å². The van der Waals surface area contributed by atoms with Crippen molar-refractivity contribution in [3.05, 3.63) is 60.3 Å². The summed E-state index contributed by atoms with van der Waals surface area (Å²) in [7, 11) is -1.89. The molecule has 11 heteroatoms. The van der Waals surface area contributed by atoms with Crippen LogP contribution in [0.3, 0.4) is 0 Å². The number of para-hydroxylation sites is 1. The minimum Gasteiger partial charge on any atom is -0.324 e. The Kier molecular flexibility index (Phi) is 5.54. The molecule has 1 amide bonds. The van der Waals surface area contributed by atoms with Gasteiger partial charge < -0.3 is 10.2 Å². The van der Waals surface area contributed by atoms with Crippen LogP contribution in [0.1, 0.15) is 5.56 Å². The zero-order valence-corrected chi connectivity index (χ0v) is 18.7. The van der Waals surface area contributed by atoms with Crippen LogP contribution in [0, 0.1) is 0 Å². The van der Waals surface area contributed by atoms with E-state index in [0.29, 0.717) is 30.4 Å². The number of hydroxylamine groups is 1. The minimum atomic E-state index is -3.64. The second-order valence-electron chi connectivity index (χ2n) is 7.71. The molecule has 0 unspecified atom stereocenters. The molecule has 0 radical (unpaired) electrons. The fraction of sp³-hybridized carbons (Fsp3) is 0.227. The van der Waals surface area contributed by atoms with Crippen LogP contribution in [0.5, 0.6) is 0 Å². The van der Waals surface area contributed by atoms with Gasteiger partial charge in [0.15, 0.2) is 0 Å². The van der Waals surface area contributed by atoms with Gasteiger partial charge >= 0.3 is 0 Å². The molecule has 3 heterocycles. The summed E-state index contributed by atoms with van der Waals surface area (Å²) in [5, 5.41) is 3.12. The summed E-state index contributed by atoms with van der Waals surface area (Å²) in [4.78, 5) is 28.4. The first kappa shape index (κ1) is 21.5. The normalized spacial score (nSPS) is 16.6. The SMILES string of the molecule is CN1C(=O)Cc2cnc(Nc3ccc(S(=O)(=O)N4CCNOC4)cc3)nc2-c2ccccc21. The molecule has 2 aromatic carbocycles. The van der Waals surface area contributed by atoms with Crippen LogP contribution in [0.25, 0.3) is 11.3 Å². The number of nitrogens with one attached hydrogen (secondary N) is 2. The van der Waals surface area contributed by atoms with Crippen molar-refractivity contribution in [1.82, 2.24) is 19.8 Å². The van der Waals surface area contributed by atoms with Crippen LogP contribution < -0.4 is 15.7 Å². The molecule has 170 valence electrons. The van der Waals surface area contributed by atoms with E-state index in [1.807, 2.05) is 24.3 Å². The number of hydrogen-bond acceptors (Lipinski definition) is 8. The van der Waals surface area contributed by atoms with Crippen LogP contribution in [0.4, 0.5) is 17.3 Å². The van der Waals surface area contributed by atoms with Crippen molar-refractivity contribution in [1.29, 1.82) is 0 Å². The molecule has 2 N–H and O–H groups in total. The highest BCUT2D eigenvalue weighted by Crippen LogP contribution is 2.35. The molecule has 10 nitrogen and oxygen atoms in total. The second-order valence-corrected chi connectivity index (χ2v) is 9.65. The summed E-state index contributed by atoms with van der Waals surface area (Å²) in [6.07, 6.45) is 1.87. The number of carbonyl (C=O) groups is 1. The molecule has 0 saturated carbocycles. The van der Waals surface area contributed by atoms with Crippen molar-refractivity contribution in [3.63, 3.8) is 0 Å². The lowest BCUT2D eigenvalue weighted by molar-refractivity contribution is -0.117. The summed E-state index contributed by atoms with van der Waals surface area (Å²) < 4.78 is 26.8. The van der Waals surface area contributed by atoms with Gasteiger partial charge in [-0.2, -0.15) is 9.79 Å². The van der Waals surface area contributed by atoms with Crippen LogP contribution in [0.15, 0.2) is 59.6 Å². The quantitative estimate of drug-likeness (QED) is 0.599. The Morgan fingerprint density at radius 3 is 2.67 bits per heavy atom. The van der Waals surface area contributed by atoms with E-state index in [4.69, 9.17) is 4.84 Å². The number of sulfonamides is 1. The number of likely N-dealkylation sites (N-methyl/N-ethyl adjacent to an activating group) is 1. The highest BCUT2D eigenvalue weighted by molar-refractivity contribution is 7.89. The van der Waals surface area contributed by atoms with E-state index in [1.54, 1.807) is 30.3 Å². The van der Waals surface area contributed by atoms with Gasteiger partial charge in [0.05, 0.1) is 22.7 Å². The highest BCUT2D eigenvalue weighted by Gasteiger charge is 2.27. The van der Waals surface area contributed by atoms with Crippen molar-refractivity contribution in [3.8, 4) is 11.3 Å². The molecule has 33 heavy (non-hydrogen) atoms. The van der Waals surface area contributed by atoms with Gasteiger partial charge in [-0.25, -0.2) is 18.4 Å². The number of benzene rings is 2. The topological polar surface area (TPSA) is 117 Å². The smallest absolute Gasteiger partial charge is 0.245 e. The number of carbonyl (C=O) groups excluding carboxylic acids is 1. The molecule has 1 saturated heterocycles. The third-order valence-electron chi connectivity index (χ3n) is 5.62. The largest absolute Gasteiger partial charge is 0.324 e. The van der Waals surface area contributed by atoms with E-state index in [1.165, 1.54) is 16.4 Å². The number of anilines is 3. The number of nitrogens with zero attached hydrogens (tertiary/aromatic N) is 4. The monoisotopic (exact) mass is 466 g/mol. The zero-order chi connectivity index (χ0) is 23.0. The standard InChI is InChI=1S/C22H22N6O4S/c1-27-19-5-3-2-4-18(19)21-15(12-20(27)29)13-23-22(26-21)25-16-6-8-17(9-7-16)33(30,31)28-11-10-24-32-14-28/h2-9,13,24H,10-12,14H2,1H3,(H,23,25,26). The van der Waals surface area contributed by atoms with Gasteiger partial charge in [-0.1, -0.05) is 18.2 Å². The first-order chi connectivity index (χ1) is 15.9. The number of rotatable bonds is 4. The van der Waals surface area contributed by atoms with Gasteiger partial charge in [-0.15, -0.1) is 0 Å². The van der Waals surface area contributed by atoms with E-state index in [-0.39, 0.29) is 24.0 Å². The highest BCUT2D eigenvalue weighted by atomic mass is 32.2. The molecule has 0 atom stereocenters. The fourth-order valence-electron chi connectivity index (χ4n) is 3.81. The summed E-state index contributed by atoms with van der Waals surface area (Å²) in [6.45, 7) is 0.730. The predicted octanol–water partition coefficient (Wildman–Crippen LogP) is 1.89. The van der Waals surface area contributed by atoms with Crippen LogP contribution in [-0.2, 0) is 26.1 Å². The molecule has 1 aromatic heterocycles. The van der Waals surface area contributed by atoms with Gasteiger partial charge in [0.1, 0.15) is 6.73 Å². The van der Waals surface area contributed by atoms with E-state index >= 15 is 0 Å². The minimum absolute atomic E-state index is 0.0304. The second kappa shape index (κ2) is 8.52. The average molecular weight is 467 g/mol. The van der Waals surface area contributed by atoms with Gasteiger partial charge in [-0.05, 0) is 30.3 Å². The number of fused-ring (bicyclic) bond motifs is 3. The van der Waals surface area contributed by atoms with Crippen LogP contribution >= 0.6 is 0 Å². The van der Waals surface area contributed by atoms with Crippen LogP contribution in [0.2, 0.25) is 0 Å². The summed E-state index contributed by atoms with van der Waals surface area (Å²) in [5.74, 6) is 0.323. The maximum atomic E-state index is 12.8. The lowest BCUT2D eigenvalue weighted by atomic mass is 10.1. The Hall–Kier alpha value is -3.38. The Morgan fingerprint density at radius 1 is 1.12 bits per heavy atom. The van der Waals surface area contributed by atoms with Crippen molar-refractivity contribution >= 4 is 33.3 Å². The van der Waals surface area contributed by atoms with Gasteiger partial charge in [0.2, 0.25) is 21.9 Å². The van der Waals surface area contributed by atoms with Gasteiger partial charge in [0, 0.05) is 43.1 Å². The Bertz CT molecular complexity index is 1310. The average Bonchev–Trinajstić information content (AvgIpc) is 2.95. The molecular weight excluding hydrogens is 444 g/mol. The lowest BCUT2D eigenvalue weighted by Gasteiger charge is -2.26. The summed E-state index contributed by atoms with van der Waals surface area (Å²) in [6, 6.07) is 14.0. The number of hydrogen-bond donors (Lipinski definition) is 2. The molecule has 0 spiro atoms. The summed E-state index contributed by atoms with van der Waals surface area (Å²) >= 11 is 0. The zero-order valence-electron chi connectivity index (χ0n) is 17.9. The Morgan fingerprint density at radius 2 is 1.91 bits per heavy atom. The third kappa shape index (κ3) is 4.07.